The van der Waals surface area contributed by atoms with E-state index in [-0.39, 0.29) is 12.5 Å². The Kier molecular flexibility index (Phi) is 4.97. The van der Waals surface area contributed by atoms with Gasteiger partial charge in [0.2, 0.25) is 5.91 Å². The highest BCUT2D eigenvalue weighted by Crippen LogP contribution is 2.27. The Labute approximate surface area is 129 Å². The Morgan fingerprint density at radius 3 is 2.91 bits per heavy atom. The van der Waals surface area contributed by atoms with Crippen LogP contribution in [0.15, 0.2) is 12.7 Å². The summed E-state index contributed by atoms with van der Waals surface area (Å²) in [4.78, 5) is 13.6. The van der Waals surface area contributed by atoms with E-state index in [2.05, 4.69) is 16.9 Å². The van der Waals surface area contributed by atoms with Crippen LogP contribution >= 0.6 is 0 Å². The molecule has 2 heterocycles. The van der Waals surface area contributed by atoms with Crippen molar-refractivity contribution in [1.29, 1.82) is 0 Å². The van der Waals surface area contributed by atoms with Gasteiger partial charge in [-0.25, -0.2) is 8.42 Å². The standard InChI is InChI=1S/C13H20N4O4S/c1-4-5-21-8-10-6-17(12(18)9-22(3,19)20)7-11-13(10)16(2)15-14-11/h4,10H,1,5-9H2,2-3H3/t10-/m1/s1. The second-order valence-corrected chi connectivity index (χ2v) is 7.55. The number of amides is 1. The Bertz CT molecular complexity index is 668. The molecule has 22 heavy (non-hydrogen) atoms. The third-order valence-electron chi connectivity index (χ3n) is 3.41. The van der Waals surface area contributed by atoms with Gasteiger partial charge in [-0.05, 0) is 0 Å². The molecule has 1 atom stereocenters. The number of aryl methyl sites for hydroxylation is 1. The van der Waals surface area contributed by atoms with Gasteiger partial charge in [-0.3, -0.25) is 9.48 Å². The molecule has 0 spiro atoms. The van der Waals surface area contributed by atoms with Crippen molar-refractivity contribution >= 4 is 15.7 Å². The molecule has 0 saturated heterocycles. The summed E-state index contributed by atoms with van der Waals surface area (Å²) in [6.45, 7) is 5.06. The number of carbonyl (C=O) groups is 1. The molecule has 0 fully saturated rings. The van der Waals surface area contributed by atoms with Crippen molar-refractivity contribution in [2.45, 2.75) is 12.5 Å². The van der Waals surface area contributed by atoms with Crippen molar-refractivity contribution in [3.63, 3.8) is 0 Å². The van der Waals surface area contributed by atoms with E-state index in [1.165, 1.54) is 4.90 Å². The molecule has 0 radical (unpaired) electrons. The van der Waals surface area contributed by atoms with Gasteiger partial charge in [-0.2, -0.15) is 0 Å². The maximum atomic E-state index is 12.1. The van der Waals surface area contributed by atoms with Crippen LogP contribution in [-0.2, 0) is 33.0 Å². The number of rotatable bonds is 6. The van der Waals surface area contributed by atoms with E-state index < -0.39 is 21.5 Å². The molecule has 0 saturated carbocycles. The van der Waals surface area contributed by atoms with Crippen molar-refractivity contribution < 1.29 is 17.9 Å². The molecule has 1 aromatic rings. The largest absolute Gasteiger partial charge is 0.377 e. The van der Waals surface area contributed by atoms with Crippen LogP contribution in [0, 0.1) is 0 Å². The van der Waals surface area contributed by atoms with Crippen LogP contribution in [0.4, 0.5) is 0 Å². The lowest BCUT2D eigenvalue weighted by atomic mass is 9.99. The molecule has 9 heteroatoms. The van der Waals surface area contributed by atoms with Crippen LogP contribution in [0.5, 0.6) is 0 Å². The van der Waals surface area contributed by atoms with Crippen LogP contribution in [0.2, 0.25) is 0 Å². The molecule has 0 aromatic carbocycles. The predicted molar refractivity (Wildman–Crippen MR) is 79.9 cm³/mol. The zero-order valence-electron chi connectivity index (χ0n) is 12.7. The quantitative estimate of drug-likeness (QED) is 0.515. The maximum absolute atomic E-state index is 12.1. The van der Waals surface area contributed by atoms with Crippen LogP contribution in [0.1, 0.15) is 17.3 Å². The Morgan fingerprint density at radius 2 is 2.27 bits per heavy atom. The van der Waals surface area contributed by atoms with Crippen LogP contribution < -0.4 is 0 Å². The highest BCUT2D eigenvalue weighted by Gasteiger charge is 2.33. The van der Waals surface area contributed by atoms with Crippen LogP contribution in [-0.4, -0.2) is 66.0 Å². The predicted octanol–water partition coefficient (Wildman–Crippen LogP) is -0.512. The first-order chi connectivity index (χ1) is 10.3. The average Bonchev–Trinajstić information content (AvgIpc) is 2.79. The number of hydrogen-bond donors (Lipinski definition) is 0. The summed E-state index contributed by atoms with van der Waals surface area (Å²) >= 11 is 0. The summed E-state index contributed by atoms with van der Waals surface area (Å²) in [7, 11) is -1.57. The third kappa shape index (κ3) is 3.92. The molecule has 1 aliphatic heterocycles. The van der Waals surface area contributed by atoms with Gasteiger partial charge in [0.1, 0.15) is 11.4 Å². The van der Waals surface area contributed by atoms with E-state index in [1.54, 1.807) is 17.8 Å². The highest BCUT2D eigenvalue weighted by molar-refractivity contribution is 7.91. The number of aromatic nitrogens is 3. The van der Waals surface area contributed by atoms with E-state index in [0.29, 0.717) is 25.5 Å². The average molecular weight is 328 g/mol. The smallest absolute Gasteiger partial charge is 0.238 e. The fourth-order valence-corrected chi connectivity index (χ4v) is 3.18. The first kappa shape index (κ1) is 16.6. The zero-order chi connectivity index (χ0) is 16.3. The van der Waals surface area contributed by atoms with Gasteiger partial charge in [0.15, 0.2) is 9.84 Å². The van der Waals surface area contributed by atoms with Crippen molar-refractivity contribution in [3.8, 4) is 0 Å². The molecule has 0 aliphatic carbocycles. The topological polar surface area (TPSA) is 94.4 Å². The lowest BCUT2D eigenvalue weighted by molar-refractivity contribution is -0.130. The number of hydrogen-bond acceptors (Lipinski definition) is 6. The number of carbonyl (C=O) groups excluding carboxylic acids is 1. The summed E-state index contributed by atoms with van der Waals surface area (Å²) < 4.78 is 29.8. The summed E-state index contributed by atoms with van der Waals surface area (Å²) in [6, 6.07) is 0. The molecule has 1 aromatic heterocycles. The van der Waals surface area contributed by atoms with Gasteiger partial charge in [-0.1, -0.05) is 11.3 Å². The molecule has 2 rings (SSSR count). The number of nitrogens with zero attached hydrogens (tertiary/aromatic N) is 4. The molecular weight excluding hydrogens is 308 g/mol. The summed E-state index contributed by atoms with van der Waals surface area (Å²) in [5.74, 6) is -1.01. The number of fused-ring (bicyclic) bond motifs is 1. The lowest BCUT2D eigenvalue weighted by Crippen LogP contribution is -2.42. The zero-order valence-corrected chi connectivity index (χ0v) is 13.5. The fraction of sp³-hybridized carbons (Fsp3) is 0.615. The van der Waals surface area contributed by atoms with E-state index in [1.807, 2.05) is 0 Å². The summed E-state index contributed by atoms with van der Waals surface area (Å²) in [6.07, 6.45) is 2.70. The second-order valence-electron chi connectivity index (χ2n) is 5.41. The monoisotopic (exact) mass is 328 g/mol. The fourth-order valence-electron chi connectivity index (χ4n) is 2.55. The van der Waals surface area contributed by atoms with Gasteiger partial charge in [-0.15, -0.1) is 11.7 Å². The molecule has 122 valence electrons. The molecule has 0 unspecified atom stereocenters. The van der Waals surface area contributed by atoms with Crippen molar-refractivity contribution in [2.24, 2.45) is 7.05 Å². The number of ether oxygens (including phenoxy) is 1. The lowest BCUT2D eigenvalue weighted by Gasteiger charge is -2.32. The van der Waals surface area contributed by atoms with Gasteiger partial charge in [0.05, 0.1) is 25.5 Å². The van der Waals surface area contributed by atoms with Gasteiger partial charge in [0, 0.05) is 25.8 Å². The van der Waals surface area contributed by atoms with Crippen molar-refractivity contribution in [2.75, 3.05) is 31.8 Å². The second kappa shape index (κ2) is 6.57. The molecular formula is C13H20N4O4S. The van der Waals surface area contributed by atoms with Crippen LogP contribution in [0.3, 0.4) is 0 Å². The molecule has 8 nitrogen and oxygen atoms in total. The summed E-state index contributed by atoms with van der Waals surface area (Å²) in [5.41, 5.74) is 1.61. The van der Waals surface area contributed by atoms with Gasteiger partial charge >= 0.3 is 0 Å². The van der Waals surface area contributed by atoms with Crippen LogP contribution in [0.25, 0.3) is 0 Å². The first-order valence-corrected chi connectivity index (χ1v) is 8.90. The Hall–Kier alpha value is -1.74. The Morgan fingerprint density at radius 1 is 1.55 bits per heavy atom. The van der Waals surface area contributed by atoms with Gasteiger partial charge in [0.25, 0.3) is 0 Å². The molecule has 0 bridgehead atoms. The first-order valence-electron chi connectivity index (χ1n) is 6.84. The number of sulfone groups is 1. The molecule has 0 N–H and O–H groups in total. The van der Waals surface area contributed by atoms with Crippen molar-refractivity contribution in [1.82, 2.24) is 19.9 Å². The van der Waals surface area contributed by atoms with E-state index >= 15 is 0 Å². The Balaban J connectivity index is 2.17. The molecule has 1 amide bonds. The summed E-state index contributed by atoms with van der Waals surface area (Å²) in [5, 5.41) is 8.04. The van der Waals surface area contributed by atoms with Gasteiger partial charge < -0.3 is 9.64 Å². The van der Waals surface area contributed by atoms with Crippen molar-refractivity contribution in [3.05, 3.63) is 24.0 Å². The maximum Gasteiger partial charge on any atom is 0.238 e. The molecule has 1 aliphatic rings. The van der Waals surface area contributed by atoms with E-state index in [4.69, 9.17) is 4.74 Å². The minimum Gasteiger partial charge on any atom is -0.377 e. The minimum absolute atomic E-state index is 0.0905. The minimum atomic E-state index is -3.36. The van der Waals surface area contributed by atoms with E-state index in [9.17, 15) is 13.2 Å². The SMILES string of the molecule is C=CCOC[C@H]1CN(C(=O)CS(C)(=O)=O)Cc2nnn(C)c21. The van der Waals surface area contributed by atoms with E-state index in [0.717, 1.165) is 11.9 Å². The normalized spacial score (nSPS) is 18.1. The third-order valence-corrected chi connectivity index (χ3v) is 4.18. The highest BCUT2D eigenvalue weighted by atomic mass is 32.2.